The van der Waals surface area contributed by atoms with E-state index in [1.165, 1.54) is 0 Å². The highest BCUT2D eigenvalue weighted by atomic mass is 79.9. The molecule has 1 atom stereocenters. The van der Waals surface area contributed by atoms with Crippen molar-refractivity contribution in [2.45, 2.75) is 13.0 Å². The molecule has 1 aromatic rings. The van der Waals surface area contributed by atoms with Gasteiger partial charge in [0.05, 0.1) is 0 Å². The zero-order valence-electron chi connectivity index (χ0n) is 11.2. The highest BCUT2D eigenvalue weighted by molar-refractivity contribution is 9.10. The Morgan fingerprint density at radius 2 is 2.19 bits per heavy atom. The minimum Gasteiger partial charge on any atom is -0.480 e. The number of urea groups is 1. The minimum atomic E-state index is -1.16. The van der Waals surface area contributed by atoms with Crippen molar-refractivity contribution in [2.24, 2.45) is 0 Å². The van der Waals surface area contributed by atoms with Gasteiger partial charge < -0.3 is 15.7 Å². The Kier molecular flexibility index (Phi) is 4.46. The normalized spacial score (nSPS) is 18.1. The molecule has 0 aliphatic carbocycles. The van der Waals surface area contributed by atoms with Gasteiger partial charge in [-0.3, -0.25) is 9.69 Å². The quantitative estimate of drug-likeness (QED) is 0.741. The standard InChI is InChI=1S/C13H14BrN3O4/c1-7-2-3-8(14)4-9(7)16-13(21)17-6-11(18)15-5-10(17)12(19)20/h2-4,10H,5-6H2,1H3,(H,15,18)(H,16,21)(H,19,20). The highest BCUT2D eigenvalue weighted by Gasteiger charge is 2.35. The van der Waals surface area contributed by atoms with E-state index in [1.54, 1.807) is 6.07 Å². The van der Waals surface area contributed by atoms with E-state index < -0.39 is 18.0 Å². The lowest BCUT2D eigenvalue weighted by Gasteiger charge is -2.32. The molecule has 0 radical (unpaired) electrons. The number of halogens is 1. The molecule has 3 N–H and O–H groups in total. The predicted molar refractivity (Wildman–Crippen MR) is 79.0 cm³/mol. The summed E-state index contributed by atoms with van der Waals surface area (Å²) < 4.78 is 0.787. The molecule has 1 aliphatic rings. The first-order chi connectivity index (χ1) is 9.88. The Hall–Kier alpha value is -2.09. The smallest absolute Gasteiger partial charge is 0.328 e. The number of carboxylic acids is 1. The maximum absolute atomic E-state index is 12.2. The van der Waals surface area contributed by atoms with E-state index in [1.807, 2.05) is 19.1 Å². The van der Waals surface area contributed by atoms with Gasteiger partial charge in [-0.1, -0.05) is 22.0 Å². The fourth-order valence-electron chi connectivity index (χ4n) is 1.99. The summed E-state index contributed by atoms with van der Waals surface area (Å²) in [7, 11) is 0. The highest BCUT2D eigenvalue weighted by Crippen LogP contribution is 2.21. The number of hydrogen-bond donors (Lipinski definition) is 3. The monoisotopic (exact) mass is 355 g/mol. The van der Waals surface area contributed by atoms with Crippen molar-refractivity contribution in [3.63, 3.8) is 0 Å². The van der Waals surface area contributed by atoms with Gasteiger partial charge in [-0.15, -0.1) is 0 Å². The lowest BCUT2D eigenvalue weighted by molar-refractivity contribution is -0.144. The number of amides is 3. The molecule has 8 heteroatoms. The predicted octanol–water partition coefficient (Wildman–Crippen LogP) is 1.17. The van der Waals surface area contributed by atoms with Gasteiger partial charge >= 0.3 is 12.0 Å². The lowest BCUT2D eigenvalue weighted by atomic mass is 10.2. The molecule has 1 fully saturated rings. The van der Waals surface area contributed by atoms with Gasteiger partial charge in [-0.25, -0.2) is 9.59 Å². The van der Waals surface area contributed by atoms with Crippen molar-refractivity contribution in [1.29, 1.82) is 0 Å². The van der Waals surface area contributed by atoms with Crippen molar-refractivity contribution in [3.8, 4) is 0 Å². The first kappa shape index (κ1) is 15.3. The Morgan fingerprint density at radius 3 is 2.86 bits per heavy atom. The third-order valence-electron chi connectivity index (χ3n) is 3.17. The largest absolute Gasteiger partial charge is 0.480 e. The zero-order chi connectivity index (χ0) is 15.6. The molecule has 1 aromatic carbocycles. The molecule has 112 valence electrons. The number of benzene rings is 1. The number of carboxylic acid groups (broad SMARTS) is 1. The number of aliphatic carboxylic acids is 1. The van der Waals surface area contributed by atoms with Gasteiger partial charge in [-0.2, -0.15) is 0 Å². The van der Waals surface area contributed by atoms with E-state index in [-0.39, 0.29) is 19.0 Å². The van der Waals surface area contributed by atoms with Gasteiger partial charge in [0.2, 0.25) is 5.91 Å². The molecule has 2 rings (SSSR count). The summed E-state index contributed by atoms with van der Waals surface area (Å²) in [6, 6.07) is 3.68. The van der Waals surface area contributed by atoms with Crippen molar-refractivity contribution in [1.82, 2.24) is 10.2 Å². The molecule has 7 nitrogen and oxygen atoms in total. The van der Waals surface area contributed by atoms with Crippen molar-refractivity contribution < 1.29 is 19.5 Å². The van der Waals surface area contributed by atoms with Crippen LogP contribution >= 0.6 is 15.9 Å². The molecular weight excluding hydrogens is 342 g/mol. The second-order valence-electron chi connectivity index (χ2n) is 4.68. The zero-order valence-corrected chi connectivity index (χ0v) is 12.8. The summed E-state index contributed by atoms with van der Waals surface area (Å²) in [4.78, 5) is 35.8. The molecule has 1 heterocycles. The third kappa shape index (κ3) is 3.52. The third-order valence-corrected chi connectivity index (χ3v) is 3.66. The second-order valence-corrected chi connectivity index (χ2v) is 5.59. The number of hydrogen-bond acceptors (Lipinski definition) is 3. The Bertz CT molecular complexity index is 605. The van der Waals surface area contributed by atoms with Crippen LogP contribution in [0.1, 0.15) is 5.56 Å². The van der Waals surface area contributed by atoms with E-state index in [4.69, 9.17) is 5.11 Å². The average Bonchev–Trinajstić information content (AvgIpc) is 2.42. The van der Waals surface area contributed by atoms with Gasteiger partial charge in [0.25, 0.3) is 0 Å². The van der Waals surface area contributed by atoms with E-state index >= 15 is 0 Å². The van der Waals surface area contributed by atoms with Crippen LogP contribution in [0.2, 0.25) is 0 Å². The number of aryl methyl sites for hydroxylation is 1. The summed E-state index contributed by atoms with van der Waals surface area (Å²) in [5.41, 5.74) is 1.39. The topological polar surface area (TPSA) is 98.7 Å². The maximum atomic E-state index is 12.2. The summed E-state index contributed by atoms with van der Waals surface area (Å²) in [6.45, 7) is 1.44. The number of nitrogens with zero attached hydrogens (tertiary/aromatic N) is 1. The van der Waals surface area contributed by atoms with Crippen LogP contribution in [0.3, 0.4) is 0 Å². The number of carbonyl (C=O) groups excluding carboxylic acids is 2. The van der Waals surface area contributed by atoms with E-state index in [0.717, 1.165) is 14.9 Å². The van der Waals surface area contributed by atoms with E-state index in [2.05, 4.69) is 26.6 Å². The first-order valence-electron chi connectivity index (χ1n) is 6.22. The average molecular weight is 356 g/mol. The van der Waals surface area contributed by atoms with E-state index in [9.17, 15) is 14.4 Å². The number of rotatable bonds is 2. The molecule has 0 spiro atoms. The van der Waals surface area contributed by atoms with Crippen LogP contribution in [0.4, 0.5) is 10.5 Å². The van der Waals surface area contributed by atoms with Crippen LogP contribution in [0.5, 0.6) is 0 Å². The summed E-state index contributed by atoms with van der Waals surface area (Å²) in [5, 5.41) is 14.2. The van der Waals surface area contributed by atoms with Gasteiger partial charge in [0, 0.05) is 16.7 Å². The fourth-order valence-corrected chi connectivity index (χ4v) is 2.35. The molecular formula is C13H14BrN3O4. The van der Waals surface area contributed by atoms with Gasteiger partial charge in [0.15, 0.2) is 0 Å². The van der Waals surface area contributed by atoms with Crippen LogP contribution < -0.4 is 10.6 Å². The first-order valence-corrected chi connectivity index (χ1v) is 7.01. The van der Waals surface area contributed by atoms with Crippen LogP contribution in [-0.2, 0) is 9.59 Å². The fraction of sp³-hybridized carbons (Fsp3) is 0.308. The van der Waals surface area contributed by atoms with Crippen LogP contribution in [0.15, 0.2) is 22.7 Å². The number of piperazine rings is 1. The lowest BCUT2D eigenvalue weighted by Crippen LogP contribution is -2.60. The number of carbonyl (C=O) groups is 3. The van der Waals surface area contributed by atoms with E-state index in [0.29, 0.717) is 5.69 Å². The van der Waals surface area contributed by atoms with Gasteiger partial charge in [0.1, 0.15) is 12.6 Å². The number of nitrogens with one attached hydrogen (secondary N) is 2. The molecule has 21 heavy (non-hydrogen) atoms. The SMILES string of the molecule is Cc1ccc(Br)cc1NC(=O)N1CC(=O)NCC1C(=O)O. The van der Waals surface area contributed by atoms with Crippen LogP contribution in [0, 0.1) is 6.92 Å². The van der Waals surface area contributed by atoms with Crippen molar-refractivity contribution >= 4 is 39.5 Å². The van der Waals surface area contributed by atoms with Crippen molar-refractivity contribution in [2.75, 3.05) is 18.4 Å². The van der Waals surface area contributed by atoms with Crippen LogP contribution in [0.25, 0.3) is 0 Å². The minimum absolute atomic E-state index is 0.0982. The Morgan fingerprint density at radius 1 is 1.48 bits per heavy atom. The molecule has 1 saturated heterocycles. The maximum Gasteiger partial charge on any atom is 0.328 e. The molecule has 0 aromatic heterocycles. The molecule has 1 unspecified atom stereocenters. The molecule has 3 amide bonds. The molecule has 0 saturated carbocycles. The summed E-state index contributed by atoms with van der Waals surface area (Å²) in [6.07, 6.45) is 0. The summed E-state index contributed by atoms with van der Waals surface area (Å²) in [5.74, 6) is -1.54. The molecule has 1 aliphatic heterocycles. The van der Waals surface area contributed by atoms with Gasteiger partial charge in [-0.05, 0) is 24.6 Å². The second kappa shape index (κ2) is 6.13. The Balaban J connectivity index is 2.19. The van der Waals surface area contributed by atoms with Crippen LogP contribution in [-0.4, -0.2) is 47.0 Å². The molecule has 0 bridgehead atoms. The number of anilines is 1. The summed E-state index contributed by atoms with van der Waals surface area (Å²) >= 11 is 3.30. The Labute approximate surface area is 129 Å². The van der Waals surface area contributed by atoms with Crippen molar-refractivity contribution in [3.05, 3.63) is 28.2 Å².